The number of rotatable bonds is 9. The van der Waals surface area contributed by atoms with Crippen molar-refractivity contribution in [1.29, 1.82) is 0 Å². The van der Waals surface area contributed by atoms with Gasteiger partial charge in [0.05, 0.1) is 12.9 Å². The molecule has 0 aliphatic heterocycles. The molecule has 0 aromatic rings. The van der Waals surface area contributed by atoms with Gasteiger partial charge in [0, 0.05) is 25.6 Å². The monoisotopic (exact) mass is 472 g/mol. The molecule has 196 valence electrons. The Morgan fingerprint density at radius 3 is 2.47 bits per heavy atom. The second-order valence-electron chi connectivity index (χ2n) is 13.6. The summed E-state index contributed by atoms with van der Waals surface area (Å²) in [4.78, 5) is 2.30. The lowest BCUT2D eigenvalue weighted by Crippen LogP contribution is -2.55. The first-order valence-electron chi connectivity index (χ1n) is 14.8. The van der Waals surface area contributed by atoms with Gasteiger partial charge in [-0.05, 0) is 138 Å². The van der Waals surface area contributed by atoms with Gasteiger partial charge in [-0.15, -0.1) is 0 Å². The van der Waals surface area contributed by atoms with Crippen LogP contribution >= 0.6 is 0 Å². The molecule has 1 N–H and O–H groups in total. The predicted octanol–water partition coefficient (Wildman–Crippen LogP) is 7.13. The number of allylic oxidation sites excluding steroid dienone is 2. The van der Waals surface area contributed by atoms with Gasteiger partial charge in [0.1, 0.15) is 0 Å². The highest BCUT2D eigenvalue weighted by atomic mass is 16.5. The van der Waals surface area contributed by atoms with Crippen molar-refractivity contribution >= 4 is 0 Å². The fourth-order valence-corrected chi connectivity index (χ4v) is 9.85. The Labute approximate surface area is 211 Å². The third-order valence-electron chi connectivity index (χ3n) is 11.8. The quantitative estimate of drug-likeness (QED) is 0.361. The molecule has 3 nitrogen and oxygen atoms in total. The van der Waals surface area contributed by atoms with Crippen LogP contribution in [0.15, 0.2) is 11.8 Å². The summed E-state index contributed by atoms with van der Waals surface area (Å²) in [5, 5.41) is 3.91. The van der Waals surface area contributed by atoms with Crippen LogP contribution in [0.5, 0.6) is 0 Å². The van der Waals surface area contributed by atoms with Crippen LogP contribution in [-0.2, 0) is 4.74 Å². The Morgan fingerprint density at radius 1 is 1.03 bits per heavy atom. The van der Waals surface area contributed by atoms with E-state index in [1.165, 1.54) is 70.0 Å². The van der Waals surface area contributed by atoms with Crippen LogP contribution < -0.4 is 5.32 Å². The topological polar surface area (TPSA) is 24.5 Å². The highest BCUT2D eigenvalue weighted by molar-refractivity contribution is 5.10. The molecule has 34 heavy (non-hydrogen) atoms. The van der Waals surface area contributed by atoms with Crippen LogP contribution in [-0.4, -0.2) is 45.2 Å². The molecule has 0 bridgehead atoms. The predicted molar refractivity (Wildman–Crippen MR) is 145 cm³/mol. The molecule has 0 saturated heterocycles. The lowest BCUT2D eigenvalue weighted by Gasteiger charge is -2.61. The number of fused-ring (bicyclic) bond motifs is 5. The summed E-state index contributed by atoms with van der Waals surface area (Å²) in [6.45, 7) is 12.4. The molecule has 0 aromatic heterocycles. The van der Waals surface area contributed by atoms with E-state index in [1.54, 1.807) is 0 Å². The van der Waals surface area contributed by atoms with Gasteiger partial charge in [0.2, 0.25) is 0 Å². The number of nitrogens with one attached hydrogen (secondary N) is 1. The Morgan fingerprint density at radius 2 is 1.76 bits per heavy atom. The molecule has 4 fully saturated rings. The average molecular weight is 473 g/mol. The SMILES string of the molecule is C/C=C(\CCC(C)C1CCC2C3CCC4CC(NCCN(C)C)CCC4(C)C3CCC12C)OC. The second-order valence-corrected chi connectivity index (χ2v) is 13.6. The van der Waals surface area contributed by atoms with Gasteiger partial charge in [0.15, 0.2) is 0 Å². The molecule has 0 aromatic carbocycles. The molecule has 4 saturated carbocycles. The van der Waals surface area contributed by atoms with Crippen molar-refractivity contribution in [2.75, 3.05) is 34.3 Å². The molecule has 9 unspecified atom stereocenters. The first-order chi connectivity index (χ1) is 16.2. The molecule has 0 heterocycles. The first kappa shape index (κ1) is 26.5. The van der Waals surface area contributed by atoms with Crippen molar-refractivity contribution in [2.24, 2.45) is 46.3 Å². The van der Waals surface area contributed by atoms with Crippen molar-refractivity contribution in [1.82, 2.24) is 10.2 Å². The summed E-state index contributed by atoms with van der Waals surface area (Å²) in [5.41, 5.74) is 1.19. The van der Waals surface area contributed by atoms with E-state index in [9.17, 15) is 0 Å². The van der Waals surface area contributed by atoms with E-state index in [4.69, 9.17) is 4.74 Å². The highest BCUT2D eigenvalue weighted by Gasteiger charge is 2.60. The van der Waals surface area contributed by atoms with Crippen LogP contribution in [0, 0.1) is 46.3 Å². The van der Waals surface area contributed by atoms with Crippen LogP contribution in [0.1, 0.15) is 98.3 Å². The van der Waals surface area contributed by atoms with Crippen LogP contribution in [0.4, 0.5) is 0 Å². The molecule has 3 heteroatoms. The Bertz CT molecular complexity index is 704. The highest BCUT2D eigenvalue weighted by Crippen LogP contribution is 2.68. The normalized spacial score (nSPS) is 43.2. The van der Waals surface area contributed by atoms with Gasteiger partial charge in [-0.3, -0.25) is 0 Å². The summed E-state index contributed by atoms with van der Waals surface area (Å²) in [5.74, 6) is 6.82. The number of ether oxygens (including phenoxy) is 1. The van der Waals surface area contributed by atoms with Crippen molar-refractivity contribution in [3.05, 3.63) is 11.8 Å². The van der Waals surface area contributed by atoms with Gasteiger partial charge in [-0.1, -0.05) is 20.8 Å². The number of likely N-dealkylation sites (N-methyl/N-ethyl adjacent to an activating group) is 1. The van der Waals surface area contributed by atoms with Crippen molar-refractivity contribution in [3.63, 3.8) is 0 Å². The summed E-state index contributed by atoms with van der Waals surface area (Å²) in [6.07, 6.45) is 17.8. The standard InChI is InChI=1S/C31H56N2O/c1-8-25(34-7)11-9-22(2)27-13-14-28-26-12-10-23-21-24(32-19-20-33(5)6)15-17-30(23,3)29(26)16-18-31(27,28)4/h8,22-24,26-29,32H,9-21H2,1-7H3/b25-8+. The Kier molecular flexibility index (Phi) is 8.45. The molecule has 4 aliphatic carbocycles. The van der Waals surface area contributed by atoms with E-state index in [1.807, 2.05) is 7.11 Å². The fraction of sp³-hybridized carbons (Fsp3) is 0.935. The minimum atomic E-state index is 0.581. The number of nitrogens with zero attached hydrogens (tertiary/aromatic N) is 1. The maximum Gasteiger partial charge on any atom is 0.0913 e. The Balaban J connectivity index is 1.39. The molecule has 4 rings (SSSR count). The summed E-state index contributed by atoms with van der Waals surface area (Å²) in [6, 6.07) is 0.759. The van der Waals surface area contributed by atoms with E-state index in [2.05, 4.69) is 58.1 Å². The van der Waals surface area contributed by atoms with E-state index >= 15 is 0 Å². The smallest absolute Gasteiger partial charge is 0.0913 e. The zero-order chi connectivity index (χ0) is 24.5. The molecule has 0 radical (unpaired) electrons. The first-order valence-corrected chi connectivity index (χ1v) is 14.8. The average Bonchev–Trinajstić information content (AvgIpc) is 3.17. The maximum atomic E-state index is 5.57. The van der Waals surface area contributed by atoms with Crippen LogP contribution in [0.2, 0.25) is 0 Å². The van der Waals surface area contributed by atoms with Gasteiger partial charge in [0.25, 0.3) is 0 Å². The minimum absolute atomic E-state index is 0.581. The Hall–Kier alpha value is -0.540. The van der Waals surface area contributed by atoms with Gasteiger partial charge < -0.3 is 15.0 Å². The summed E-state index contributed by atoms with van der Waals surface area (Å²) < 4.78 is 5.57. The van der Waals surface area contributed by atoms with Gasteiger partial charge in [-0.25, -0.2) is 0 Å². The number of hydrogen-bond donors (Lipinski definition) is 1. The van der Waals surface area contributed by atoms with Gasteiger partial charge >= 0.3 is 0 Å². The number of methoxy groups -OCH3 is 1. The fourth-order valence-electron chi connectivity index (χ4n) is 9.85. The van der Waals surface area contributed by atoms with Crippen LogP contribution in [0.3, 0.4) is 0 Å². The zero-order valence-corrected chi connectivity index (χ0v) is 23.7. The van der Waals surface area contributed by atoms with E-state index in [0.717, 1.165) is 61.1 Å². The third-order valence-corrected chi connectivity index (χ3v) is 11.8. The summed E-state index contributed by atoms with van der Waals surface area (Å²) in [7, 11) is 6.20. The van der Waals surface area contributed by atoms with Crippen molar-refractivity contribution in [3.8, 4) is 0 Å². The zero-order valence-electron chi connectivity index (χ0n) is 23.7. The summed E-state index contributed by atoms with van der Waals surface area (Å²) >= 11 is 0. The minimum Gasteiger partial charge on any atom is -0.501 e. The lowest BCUT2D eigenvalue weighted by molar-refractivity contribution is -0.118. The molecule has 9 atom stereocenters. The number of hydrogen-bond acceptors (Lipinski definition) is 3. The molecular formula is C31H56N2O. The molecule has 0 amide bonds. The molecule has 0 spiro atoms. The lowest BCUT2D eigenvalue weighted by atomic mass is 9.44. The van der Waals surface area contributed by atoms with E-state index in [0.29, 0.717) is 10.8 Å². The second kappa shape index (κ2) is 10.8. The van der Waals surface area contributed by atoms with Crippen LogP contribution in [0.25, 0.3) is 0 Å². The van der Waals surface area contributed by atoms with Gasteiger partial charge in [-0.2, -0.15) is 0 Å². The van der Waals surface area contributed by atoms with E-state index < -0.39 is 0 Å². The molecule has 4 aliphatic rings. The maximum absolute atomic E-state index is 5.57. The van der Waals surface area contributed by atoms with Crippen molar-refractivity contribution in [2.45, 2.75) is 104 Å². The largest absolute Gasteiger partial charge is 0.501 e. The molecular weight excluding hydrogens is 416 g/mol. The van der Waals surface area contributed by atoms with Crippen molar-refractivity contribution < 1.29 is 4.74 Å². The van der Waals surface area contributed by atoms with E-state index in [-0.39, 0.29) is 0 Å². The third kappa shape index (κ3) is 4.99.